The molecular formula is C19H24N8O. The lowest BCUT2D eigenvalue weighted by Gasteiger charge is -2.26. The molecule has 1 fully saturated rings. The lowest BCUT2D eigenvalue weighted by molar-refractivity contribution is 0.573. The van der Waals surface area contributed by atoms with E-state index in [0.717, 1.165) is 37.3 Å². The number of hydrogen-bond donors (Lipinski definition) is 2. The first-order valence-electron chi connectivity index (χ1n) is 9.42. The van der Waals surface area contributed by atoms with Crippen LogP contribution in [0.1, 0.15) is 25.0 Å². The van der Waals surface area contributed by atoms with Crippen LogP contribution < -0.4 is 16.2 Å². The first kappa shape index (κ1) is 18.0. The number of nitrogens with two attached hydrogens (primary N) is 1. The predicted octanol–water partition coefficient (Wildman–Crippen LogP) is 3.20. The minimum atomic E-state index is -0.225. The van der Waals surface area contributed by atoms with Gasteiger partial charge in [0, 0.05) is 20.1 Å². The van der Waals surface area contributed by atoms with Gasteiger partial charge in [0.25, 0.3) is 5.56 Å². The molecule has 9 heteroatoms. The molecule has 146 valence electrons. The van der Waals surface area contributed by atoms with Crippen LogP contribution in [0, 0.1) is 6.92 Å². The Morgan fingerprint density at radius 1 is 1.07 bits per heavy atom. The van der Waals surface area contributed by atoms with Gasteiger partial charge in [0.05, 0.1) is 11.4 Å². The van der Waals surface area contributed by atoms with E-state index >= 15 is 0 Å². The van der Waals surface area contributed by atoms with Crippen molar-refractivity contribution in [3.05, 3.63) is 46.4 Å². The van der Waals surface area contributed by atoms with Gasteiger partial charge in [-0.2, -0.15) is 5.10 Å². The zero-order valence-electron chi connectivity index (χ0n) is 16.1. The minimum absolute atomic E-state index is 0.225. The molecule has 2 aromatic heterocycles. The maximum atomic E-state index is 13.0. The highest BCUT2D eigenvalue weighted by Crippen LogP contribution is 2.34. The number of H-pyrrole nitrogens is 1. The molecule has 28 heavy (non-hydrogen) atoms. The zero-order chi connectivity index (χ0) is 19.7. The number of nitrogen functional groups attached to an aromatic ring is 1. The highest BCUT2D eigenvalue weighted by atomic mass is 16.1. The molecule has 0 atom stereocenters. The number of para-hydroxylation sites is 1. The predicted molar refractivity (Wildman–Crippen MR) is 109 cm³/mol. The van der Waals surface area contributed by atoms with Crippen LogP contribution in [0.15, 0.2) is 45.4 Å². The van der Waals surface area contributed by atoms with Gasteiger partial charge >= 0.3 is 0 Å². The summed E-state index contributed by atoms with van der Waals surface area (Å²) in [4.78, 5) is 15.1. The van der Waals surface area contributed by atoms with Crippen molar-refractivity contribution in [3.8, 4) is 5.69 Å². The van der Waals surface area contributed by atoms with E-state index < -0.39 is 0 Å². The highest BCUT2D eigenvalue weighted by Gasteiger charge is 2.21. The molecular weight excluding hydrogens is 356 g/mol. The van der Waals surface area contributed by atoms with E-state index in [2.05, 4.69) is 25.3 Å². The topological polar surface area (TPSA) is 110 Å². The Balaban J connectivity index is 1.72. The normalized spacial score (nSPS) is 14.9. The van der Waals surface area contributed by atoms with Gasteiger partial charge in [-0.05, 0) is 38.3 Å². The molecule has 0 bridgehead atoms. The Bertz CT molecular complexity index is 1050. The van der Waals surface area contributed by atoms with Crippen molar-refractivity contribution in [1.82, 2.24) is 19.6 Å². The van der Waals surface area contributed by atoms with Crippen molar-refractivity contribution in [1.29, 1.82) is 0 Å². The summed E-state index contributed by atoms with van der Waals surface area (Å²) in [5, 5.41) is 15.7. The average molecular weight is 380 g/mol. The van der Waals surface area contributed by atoms with Crippen LogP contribution in [0.5, 0.6) is 0 Å². The number of nitrogens with zero attached hydrogens (tertiary/aromatic N) is 6. The Morgan fingerprint density at radius 2 is 1.75 bits per heavy atom. The number of nitrogens with one attached hydrogen (secondary N) is 1. The summed E-state index contributed by atoms with van der Waals surface area (Å²) in [6.45, 7) is 3.68. The third kappa shape index (κ3) is 3.08. The van der Waals surface area contributed by atoms with E-state index in [1.165, 1.54) is 6.42 Å². The smallest absolute Gasteiger partial charge is 0.299 e. The Hall–Kier alpha value is -3.36. The molecule has 3 aromatic rings. The lowest BCUT2D eigenvalue weighted by Crippen LogP contribution is -2.29. The van der Waals surface area contributed by atoms with E-state index in [4.69, 9.17) is 5.73 Å². The van der Waals surface area contributed by atoms with Crippen molar-refractivity contribution in [2.24, 2.45) is 17.3 Å². The van der Waals surface area contributed by atoms with Gasteiger partial charge in [0.15, 0.2) is 17.2 Å². The molecule has 0 radical (unpaired) electrons. The van der Waals surface area contributed by atoms with Crippen LogP contribution in [0.2, 0.25) is 0 Å². The maximum Gasteiger partial charge on any atom is 0.299 e. The maximum absolute atomic E-state index is 13.0. The van der Waals surface area contributed by atoms with E-state index in [0.29, 0.717) is 17.3 Å². The molecule has 0 spiro atoms. The largest absolute Gasteiger partial charge is 0.382 e. The molecule has 0 aliphatic carbocycles. The Kier molecular flexibility index (Phi) is 4.72. The van der Waals surface area contributed by atoms with Crippen LogP contribution in [-0.2, 0) is 7.05 Å². The van der Waals surface area contributed by atoms with Gasteiger partial charge in [0.2, 0.25) is 0 Å². The number of rotatable bonds is 4. The van der Waals surface area contributed by atoms with Crippen molar-refractivity contribution in [2.75, 3.05) is 23.7 Å². The number of hydrogen-bond acceptors (Lipinski definition) is 6. The summed E-state index contributed by atoms with van der Waals surface area (Å²) in [5.41, 5.74) is 8.07. The van der Waals surface area contributed by atoms with Gasteiger partial charge in [-0.25, -0.2) is 4.68 Å². The van der Waals surface area contributed by atoms with Crippen molar-refractivity contribution in [3.63, 3.8) is 0 Å². The summed E-state index contributed by atoms with van der Waals surface area (Å²) in [7, 11) is 1.83. The molecule has 4 rings (SSSR count). The number of aromatic amines is 1. The SMILES string of the molecule is Cc1c(N=Nc2c(N3CCCCC3)n[nH]c2N)c(=O)n(-c2ccccc2)n1C. The number of anilines is 2. The fourth-order valence-corrected chi connectivity index (χ4v) is 3.53. The van der Waals surface area contributed by atoms with Gasteiger partial charge in [-0.1, -0.05) is 18.2 Å². The van der Waals surface area contributed by atoms with Crippen LogP contribution >= 0.6 is 0 Å². The number of azo groups is 1. The van der Waals surface area contributed by atoms with Gasteiger partial charge in [0.1, 0.15) is 5.82 Å². The molecule has 1 saturated heterocycles. The molecule has 0 unspecified atom stereocenters. The van der Waals surface area contributed by atoms with Crippen molar-refractivity contribution in [2.45, 2.75) is 26.2 Å². The van der Waals surface area contributed by atoms with Gasteiger partial charge in [-0.3, -0.25) is 14.6 Å². The summed E-state index contributed by atoms with van der Waals surface area (Å²) in [5.74, 6) is 1.04. The molecule has 0 saturated carbocycles. The second kappa shape index (κ2) is 7.34. The fourth-order valence-electron chi connectivity index (χ4n) is 3.53. The fraction of sp³-hybridized carbons (Fsp3) is 0.368. The third-order valence-corrected chi connectivity index (χ3v) is 5.18. The molecule has 3 heterocycles. The van der Waals surface area contributed by atoms with Crippen molar-refractivity contribution >= 4 is 23.0 Å². The first-order chi connectivity index (χ1) is 13.6. The summed E-state index contributed by atoms with van der Waals surface area (Å²) < 4.78 is 3.35. The summed E-state index contributed by atoms with van der Waals surface area (Å²) >= 11 is 0. The standard InChI is InChI=1S/C19H24N8O/c1-13-15(19(28)27(25(13)2)14-9-5-3-6-10-14)21-22-16-17(20)23-24-18(16)26-11-7-4-8-12-26/h3,5-6,9-10H,4,7-8,11-12H2,1-2H3,(H3,20,23,24). The monoisotopic (exact) mass is 380 g/mol. The number of benzene rings is 1. The number of aromatic nitrogens is 4. The molecule has 1 aliphatic heterocycles. The molecule has 9 nitrogen and oxygen atoms in total. The second-order valence-electron chi connectivity index (χ2n) is 6.97. The van der Waals surface area contributed by atoms with Crippen LogP contribution in [-0.4, -0.2) is 32.7 Å². The van der Waals surface area contributed by atoms with Gasteiger partial charge in [-0.15, -0.1) is 10.2 Å². The molecule has 1 aromatic carbocycles. The van der Waals surface area contributed by atoms with Crippen LogP contribution in [0.3, 0.4) is 0 Å². The lowest BCUT2D eigenvalue weighted by atomic mass is 10.1. The molecule has 0 amide bonds. The van der Waals surface area contributed by atoms with E-state index in [-0.39, 0.29) is 11.2 Å². The minimum Gasteiger partial charge on any atom is -0.382 e. The van der Waals surface area contributed by atoms with E-state index in [1.807, 2.05) is 44.3 Å². The number of piperidine rings is 1. The van der Waals surface area contributed by atoms with Crippen LogP contribution in [0.25, 0.3) is 5.69 Å². The van der Waals surface area contributed by atoms with Gasteiger partial charge < -0.3 is 10.6 Å². The highest BCUT2D eigenvalue weighted by molar-refractivity contribution is 5.73. The first-order valence-corrected chi connectivity index (χ1v) is 9.42. The quantitative estimate of drug-likeness (QED) is 0.677. The third-order valence-electron chi connectivity index (χ3n) is 5.18. The molecule has 1 aliphatic rings. The summed E-state index contributed by atoms with van der Waals surface area (Å²) in [6, 6.07) is 9.45. The average Bonchev–Trinajstić information content (AvgIpc) is 3.19. The van der Waals surface area contributed by atoms with E-state index in [9.17, 15) is 4.79 Å². The van der Waals surface area contributed by atoms with E-state index in [1.54, 1.807) is 9.36 Å². The Labute approximate surface area is 162 Å². The van der Waals surface area contributed by atoms with Crippen LogP contribution in [0.4, 0.5) is 23.0 Å². The zero-order valence-corrected chi connectivity index (χ0v) is 16.1. The Morgan fingerprint density at radius 3 is 2.46 bits per heavy atom. The van der Waals surface area contributed by atoms with Crippen molar-refractivity contribution < 1.29 is 0 Å². The second-order valence-corrected chi connectivity index (χ2v) is 6.97. The summed E-state index contributed by atoms with van der Waals surface area (Å²) in [6.07, 6.45) is 3.45. The molecule has 3 N–H and O–H groups in total.